The number of hydrogen-bond donors (Lipinski definition) is 1. The quantitative estimate of drug-likeness (QED) is 0.863. The zero-order chi connectivity index (χ0) is 15.3. The van der Waals surface area contributed by atoms with Crippen molar-refractivity contribution in [2.24, 2.45) is 10.6 Å². The molecule has 21 heavy (non-hydrogen) atoms. The molecule has 0 radical (unpaired) electrons. The highest BCUT2D eigenvalue weighted by Crippen LogP contribution is 2.32. The third kappa shape index (κ3) is 5.23. The summed E-state index contributed by atoms with van der Waals surface area (Å²) in [7, 11) is -3.55. The van der Waals surface area contributed by atoms with Gasteiger partial charge in [-0.2, -0.15) is 0 Å². The van der Waals surface area contributed by atoms with Gasteiger partial charge < -0.3 is 9.47 Å². The van der Waals surface area contributed by atoms with Crippen molar-refractivity contribution in [3.63, 3.8) is 0 Å². The standard InChI is InChI=1S/C14H20ClNO4S/c15-13-4-2-1-3-12(13)9-20-10-14(11-21(16,17)18)5-7-19-8-6-14/h1-4H,5-11H2,(H2,16,17,18). The molecule has 118 valence electrons. The SMILES string of the molecule is NS(=O)(=O)CC1(COCc2ccccc2Cl)CCOCC1. The first-order valence-corrected chi connectivity index (χ1v) is 8.89. The molecular formula is C14H20ClNO4S. The summed E-state index contributed by atoms with van der Waals surface area (Å²) in [6.07, 6.45) is 1.26. The van der Waals surface area contributed by atoms with Gasteiger partial charge in [0.25, 0.3) is 0 Å². The van der Waals surface area contributed by atoms with E-state index in [1.54, 1.807) is 6.07 Å². The topological polar surface area (TPSA) is 78.6 Å². The predicted molar refractivity (Wildman–Crippen MR) is 81.6 cm³/mol. The summed E-state index contributed by atoms with van der Waals surface area (Å²) in [5.41, 5.74) is 0.421. The average Bonchev–Trinajstić information content (AvgIpc) is 2.40. The van der Waals surface area contributed by atoms with Crippen LogP contribution in [0.25, 0.3) is 0 Å². The number of halogens is 1. The lowest BCUT2D eigenvalue weighted by atomic mass is 9.83. The van der Waals surface area contributed by atoms with Crippen LogP contribution < -0.4 is 5.14 Å². The van der Waals surface area contributed by atoms with Crippen LogP contribution in [0, 0.1) is 5.41 Å². The molecule has 1 aromatic rings. The van der Waals surface area contributed by atoms with Gasteiger partial charge in [-0.3, -0.25) is 0 Å². The molecule has 0 bridgehead atoms. The molecule has 0 aliphatic carbocycles. The molecule has 2 N–H and O–H groups in total. The number of benzene rings is 1. The molecule has 7 heteroatoms. The summed E-state index contributed by atoms with van der Waals surface area (Å²) in [6, 6.07) is 7.43. The molecule has 0 atom stereocenters. The number of rotatable bonds is 6. The summed E-state index contributed by atoms with van der Waals surface area (Å²) < 4.78 is 33.9. The summed E-state index contributed by atoms with van der Waals surface area (Å²) in [5, 5.41) is 5.86. The lowest BCUT2D eigenvalue weighted by Gasteiger charge is -2.36. The van der Waals surface area contributed by atoms with E-state index in [1.165, 1.54) is 0 Å². The van der Waals surface area contributed by atoms with Crippen LogP contribution in [-0.4, -0.2) is 34.0 Å². The van der Waals surface area contributed by atoms with Gasteiger partial charge in [0.05, 0.1) is 19.0 Å². The Morgan fingerprint density at radius 3 is 2.57 bits per heavy atom. The lowest BCUT2D eigenvalue weighted by molar-refractivity contribution is -0.0324. The number of ether oxygens (including phenoxy) is 2. The summed E-state index contributed by atoms with van der Waals surface area (Å²) in [5.74, 6) is -0.0775. The highest BCUT2D eigenvalue weighted by atomic mass is 35.5. The van der Waals surface area contributed by atoms with Gasteiger partial charge in [0.15, 0.2) is 0 Å². The molecule has 5 nitrogen and oxygen atoms in total. The van der Waals surface area contributed by atoms with E-state index in [0.29, 0.717) is 44.3 Å². The molecule has 1 aliphatic rings. The molecule has 2 rings (SSSR count). The fourth-order valence-electron chi connectivity index (χ4n) is 2.55. The van der Waals surface area contributed by atoms with Crippen LogP contribution in [0.4, 0.5) is 0 Å². The first kappa shape index (κ1) is 16.7. The molecule has 0 amide bonds. The molecule has 1 saturated heterocycles. The van der Waals surface area contributed by atoms with Crippen molar-refractivity contribution in [3.05, 3.63) is 34.9 Å². The van der Waals surface area contributed by atoms with Gasteiger partial charge in [-0.1, -0.05) is 29.8 Å². The largest absolute Gasteiger partial charge is 0.381 e. The highest BCUT2D eigenvalue weighted by molar-refractivity contribution is 7.89. The predicted octanol–water partition coefficient (Wildman–Crippen LogP) is 1.94. The first-order valence-electron chi connectivity index (χ1n) is 6.80. The Hall–Kier alpha value is -0.660. The van der Waals surface area contributed by atoms with Gasteiger partial charge in [-0.05, 0) is 24.5 Å². The van der Waals surface area contributed by atoms with Crippen molar-refractivity contribution >= 4 is 21.6 Å². The Labute approximate surface area is 130 Å². The normalized spacial score (nSPS) is 18.6. The minimum atomic E-state index is -3.55. The Morgan fingerprint density at radius 1 is 1.29 bits per heavy atom. The summed E-state index contributed by atoms with van der Waals surface area (Å²) in [4.78, 5) is 0. The van der Waals surface area contributed by atoms with Crippen molar-refractivity contribution in [2.45, 2.75) is 19.4 Å². The molecule has 0 saturated carbocycles. The van der Waals surface area contributed by atoms with E-state index < -0.39 is 15.4 Å². The van der Waals surface area contributed by atoms with Gasteiger partial charge in [-0.15, -0.1) is 0 Å². The molecular weight excluding hydrogens is 314 g/mol. The molecule has 1 heterocycles. The van der Waals surface area contributed by atoms with Crippen molar-refractivity contribution < 1.29 is 17.9 Å². The molecule has 0 unspecified atom stereocenters. The van der Waals surface area contributed by atoms with Crippen LogP contribution in [0.2, 0.25) is 5.02 Å². The van der Waals surface area contributed by atoms with Crippen molar-refractivity contribution in [3.8, 4) is 0 Å². The molecule has 1 aromatic carbocycles. The maximum Gasteiger partial charge on any atom is 0.209 e. The average molecular weight is 334 g/mol. The maximum atomic E-state index is 11.5. The summed E-state index contributed by atoms with van der Waals surface area (Å²) >= 11 is 6.07. The first-order chi connectivity index (χ1) is 9.90. The van der Waals surface area contributed by atoms with E-state index in [0.717, 1.165) is 5.56 Å². The number of nitrogens with two attached hydrogens (primary N) is 1. The fraction of sp³-hybridized carbons (Fsp3) is 0.571. The Balaban J connectivity index is 1.98. The Kier molecular flexibility index (Phi) is 5.62. The van der Waals surface area contributed by atoms with Crippen LogP contribution in [0.1, 0.15) is 18.4 Å². The van der Waals surface area contributed by atoms with E-state index in [1.807, 2.05) is 18.2 Å². The second-order valence-electron chi connectivity index (χ2n) is 5.50. The van der Waals surface area contributed by atoms with Crippen molar-refractivity contribution in [1.29, 1.82) is 0 Å². The number of sulfonamides is 1. The Bertz CT molecular complexity index is 570. The second kappa shape index (κ2) is 7.07. The monoisotopic (exact) mass is 333 g/mol. The van der Waals surface area contributed by atoms with Gasteiger partial charge in [0.1, 0.15) is 0 Å². The van der Waals surface area contributed by atoms with Crippen molar-refractivity contribution in [1.82, 2.24) is 0 Å². The molecule has 1 fully saturated rings. The van der Waals surface area contributed by atoms with Gasteiger partial charge in [0.2, 0.25) is 10.0 Å². The van der Waals surface area contributed by atoms with E-state index in [4.69, 9.17) is 26.2 Å². The van der Waals surface area contributed by atoms with Crippen molar-refractivity contribution in [2.75, 3.05) is 25.6 Å². The van der Waals surface area contributed by atoms with Crippen LogP contribution in [0.15, 0.2) is 24.3 Å². The zero-order valence-electron chi connectivity index (χ0n) is 11.8. The van der Waals surface area contributed by atoms with Crippen LogP contribution >= 0.6 is 11.6 Å². The smallest absolute Gasteiger partial charge is 0.209 e. The second-order valence-corrected chi connectivity index (χ2v) is 7.53. The molecule has 1 aliphatic heterocycles. The van der Waals surface area contributed by atoms with Crippen LogP contribution in [0.3, 0.4) is 0 Å². The van der Waals surface area contributed by atoms with Gasteiger partial charge in [0, 0.05) is 23.7 Å². The summed E-state index contributed by atoms with van der Waals surface area (Å²) in [6.45, 7) is 1.75. The van der Waals surface area contributed by atoms with Crippen LogP contribution in [0.5, 0.6) is 0 Å². The van der Waals surface area contributed by atoms with E-state index in [9.17, 15) is 8.42 Å². The van der Waals surface area contributed by atoms with Gasteiger partial charge >= 0.3 is 0 Å². The van der Waals surface area contributed by atoms with E-state index >= 15 is 0 Å². The third-order valence-corrected chi connectivity index (χ3v) is 5.07. The highest BCUT2D eigenvalue weighted by Gasteiger charge is 2.36. The minimum absolute atomic E-state index is 0.0775. The van der Waals surface area contributed by atoms with E-state index in [2.05, 4.69) is 0 Å². The molecule has 0 aromatic heterocycles. The number of hydrogen-bond acceptors (Lipinski definition) is 4. The van der Waals surface area contributed by atoms with E-state index in [-0.39, 0.29) is 5.75 Å². The zero-order valence-corrected chi connectivity index (χ0v) is 13.3. The fourth-order valence-corrected chi connectivity index (χ4v) is 3.97. The number of primary sulfonamides is 1. The lowest BCUT2D eigenvalue weighted by Crippen LogP contribution is -2.41. The van der Waals surface area contributed by atoms with Gasteiger partial charge in [-0.25, -0.2) is 13.6 Å². The Morgan fingerprint density at radius 2 is 1.95 bits per heavy atom. The minimum Gasteiger partial charge on any atom is -0.381 e. The third-order valence-electron chi connectivity index (χ3n) is 3.68. The maximum absolute atomic E-state index is 11.5. The molecule has 0 spiro atoms. The van der Waals surface area contributed by atoms with Crippen LogP contribution in [-0.2, 0) is 26.1 Å².